The maximum absolute atomic E-state index is 9.06. The maximum atomic E-state index is 9.06. The summed E-state index contributed by atoms with van der Waals surface area (Å²) in [5.41, 5.74) is 0.438. The zero-order valence-corrected chi connectivity index (χ0v) is 7.89. The molecule has 1 saturated carbocycles. The average molecular weight is 192 g/mol. The molecule has 0 atom stereocenters. The van der Waals surface area contributed by atoms with Crippen molar-refractivity contribution >= 4 is 12.6 Å². The van der Waals surface area contributed by atoms with Crippen LogP contribution in [0.5, 0.6) is 5.75 Å². The van der Waals surface area contributed by atoms with E-state index in [4.69, 9.17) is 14.8 Å². The maximum Gasteiger partial charge on any atom is 0.492 e. The van der Waals surface area contributed by atoms with Crippen molar-refractivity contribution in [1.82, 2.24) is 0 Å². The number of ether oxygens (including phenoxy) is 1. The van der Waals surface area contributed by atoms with Gasteiger partial charge in [0.25, 0.3) is 0 Å². The third-order valence-electron chi connectivity index (χ3n) is 2.37. The molecule has 74 valence electrons. The monoisotopic (exact) mass is 192 g/mol. The van der Waals surface area contributed by atoms with Crippen LogP contribution in [0.1, 0.15) is 12.8 Å². The molecule has 0 radical (unpaired) electrons. The Morgan fingerprint density at radius 2 is 2.00 bits per heavy atom. The minimum absolute atomic E-state index is 0.438. The van der Waals surface area contributed by atoms with Crippen LogP contribution in [0.15, 0.2) is 24.3 Å². The Labute approximate surface area is 83.5 Å². The van der Waals surface area contributed by atoms with Gasteiger partial charge in [0.1, 0.15) is 5.75 Å². The summed E-state index contributed by atoms with van der Waals surface area (Å²) in [7, 11) is -1.45. The molecule has 4 heteroatoms. The van der Waals surface area contributed by atoms with Crippen molar-refractivity contribution in [3.63, 3.8) is 0 Å². The number of hydrogen-bond acceptors (Lipinski definition) is 3. The van der Waals surface area contributed by atoms with Crippen molar-refractivity contribution in [2.24, 2.45) is 5.92 Å². The fourth-order valence-corrected chi connectivity index (χ4v) is 1.32. The fraction of sp³-hybridized carbons (Fsp3) is 0.400. The molecule has 14 heavy (non-hydrogen) atoms. The van der Waals surface area contributed by atoms with Gasteiger partial charge in [-0.15, -0.1) is 0 Å². The van der Waals surface area contributed by atoms with Crippen molar-refractivity contribution in [2.45, 2.75) is 12.8 Å². The van der Waals surface area contributed by atoms with Crippen LogP contribution in [-0.4, -0.2) is 23.8 Å². The highest BCUT2D eigenvalue weighted by Crippen LogP contribution is 2.29. The highest BCUT2D eigenvalue weighted by atomic mass is 16.5. The lowest BCUT2D eigenvalue weighted by Gasteiger charge is -2.09. The van der Waals surface area contributed by atoms with Gasteiger partial charge in [0, 0.05) is 5.46 Å². The Morgan fingerprint density at radius 1 is 1.29 bits per heavy atom. The lowest BCUT2D eigenvalue weighted by atomic mass is 9.79. The molecule has 0 bridgehead atoms. The molecule has 0 saturated heterocycles. The normalized spacial score (nSPS) is 15.3. The van der Waals surface area contributed by atoms with Gasteiger partial charge in [-0.1, -0.05) is 18.2 Å². The first-order valence-electron chi connectivity index (χ1n) is 4.85. The van der Waals surface area contributed by atoms with Crippen molar-refractivity contribution in [3.05, 3.63) is 24.3 Å². The minimum Gasteiger partial charge on any atom is -0.494 e. The summed E-state index contributed by atoms with van der Waals surface area (Å²) in [6.07, 6.45) is 2.45. The zero-order valence-electron chi connectivity index (χ0n) is 7.89. The third-order valence-corrected chi connectivity index (χ3v) is 2.37. The summed E-state index contributed by atoms with van der Waals surface area (Å²) in [6, 6.07) is 7.01. The lowest BCUT2D eigenvalue weighted by molar-refractivity contribution is 0.300. The summed E-state index contributed by atoms with van der Waals surface area (Å²) >= 11 is 0. The quantitative estimate of drug-likeness (QED) is 0.667. The van der Waals surface area contributed by atoms with Crippen molar-refractivity contribution in [3.8, 4) is 5.75 Å². The van der Waals surface area contributed by atoms with Crippen molar-refractivity contribution in [2.75, 3.05) is 6.61 Å². The molecule has 2 rings (SSSR count). The van der Waals surface area contributed by atoms with E-state index in [2.05, 4.69) is 0 Å². The van der Waals surface area contributed by atoms with E-state index in [1.54, 1.807) is 18.2 Å². The Morgan fingerprint density at radius 3 is 2.64 bits per heavy atom. The topological polar surface area (TPSA) is 49.7 Å². The van der Waals surface area contributed by atoms with Gasteiger partial charge in [-0.05, 0) is 24.8 Å². The van der Waals surface area contributed by atoms with Gasteiger partial charge in [-0.2, -0.15) is 0 Å². The van der Waals surface area contributed by atoms with Gasteiger partial charge in [0.15, 0.2) is 0 Å². The number of benzene rings is 1. The van der Waals surface area contributed by atoms with Gasteiger partial charge in [-0.3, -0.25) is 0 Å². The van der Waals surface area contributed by atoms with Crippen LogP contribution in [-0.2, 0) is 0 Å². The van der Waals surface area contributed by atoms with E-state index in [-0.39, 0.29) is 0 Å². The first-order valence-corrected chi connectivity index (χ1v) is 4.85. The molecule has 0 heterocycles. The minimum atomic E-state index is -1.45. The second kappa shape index (κ2) is 4.03. The molecule has 0 aliphatic heterocycles. The summed E-state index contributed by atoms with van der Waals surface area (Å²) in [5.74, 6) is 1.24. The van der Waals surface area contributed by atoms with Crippen LogP contribution >= 0.6 is 0 Å². The molecular formula is C10H13BO3. The Balaban J connectivity index is 2.05. The van der Waals surface area contributed by atoms with E-state index in [9.17, 15) is 0 Å². The smallest absolute Gasteiger partial charge is 0.492 e. The second-order valence-corrected chi connectivity index (χ2v) is 3.67. The molecule has 3 nitrogen and oxygen atoms in total. The first-order chi connectivity index (χ1) is 6.77. The van der Waals surface area contributed by atoms with E-state index in [0.29, 0.717) is 23.7 Å². The van der Waals surface area contributed by atoms with E-state index >= 15 is 0 Å². The van der Waals surface area contributed by atoms with Crippen LogP contribution < -0.4 is 10.2 Å². The van der Waals surface area contributed by atoms with Crippen molar-refractivity contribution < 1.29 is 14.8 Å². The van der Waals surface area contributed by atoms with Crippen LogP contribution in [0.2, 0.25) is 0 Å². The lowest BCUT2D eigenvalue weighted by Crippen LogP contribution is -2.31. The summed E-state index contributed by atoms with van der Waals surface area (Å²) < 4.78 is 5.50. The molecular weight excluding hydrogens is 179 g/mol. The summed E-state index contributed by atoms with van der Waals surface area (Å²) in [4.78, 5) is 0. The van der Waals surface area contributed by atoms with Crippen molar-refractivity contribution in [1.29, 1.82) is 0 Å². The molecule has 0 unspecified atom stereocenters. The van der Waals surface area contributed by atoms with Gasteiger partial charge in [0.2, 0.25) is 0 Å². The van der Waals surface area contributed by atoms with Gasteiger partial charge in [0.05, 0.1) is 6.61 Å². The molecule has 0 spiro atoms. The predicted octanol–water partition coefficient (Wildman–Crippen LogP) is 0.155. The molecule has 0 amide bonds. The van der Waals surface area contributed by atoms with Crippen LogP contribution in [0, 0.1) is 5.92 Å². The number of para-hydroxylation sites is 1. The molecule has 1 aliphatic carbocycles. The van der Waals surface area contributed by atoms with Crippen LogP contribution in [0.4, 0.5) is 0 Å². The first kappa shape index (κ1) is 9.56. The van der Waals surface area contributed by atoms with Crippen LogP contribution in [0.25, 0.3) is 0 Å². The van der Waals surface area contributed by atoms with Gasteiger partial charge >= 0.3 is 7.12 Å². The highest BCUT2D eigenvalue weighted by molar-refractivity contribution is 6.59. The second-order valence-electron chi connectivity index (χ2n) is 3.67. The summed E-state index contributed by atoms with van der Waals surface area (Å²) in [6.45, 7) is 0.684. The molecule has 1 aliphatic rings. The molecule has 1 aromatic carbocycles. The van der Waals surface area contributed by atoms with Crippen LogP contribution in [0.3, 0.4) is 0 Å². The highest BCUT2D eigenvalue weighted by Gasteiger charge is 2.23. The largest absolute Gasteiger partial charge is 0.494 e. The van der Waals surface area contributed by atoms with Gasteiger partial charge < -0.3 is 14.8 Å². The van der Waals surface area contributed by atoms with E-state index in [1.807, 2.05) is 6.07 Å². The van der Waals surface area contributed by atoms with E-state index in [1.165, 1.54) is 12.8 Å². The number of rotatable bonds is 4. The molecule has 0 aromatic heterocycles. The number of hydrogen-bond donors (Lipinski definition) is 2. The fourth-order valence-electron chi connectivity index (χ4n) is 1.32. The molecule has 2 N–H and O–H groups in total. The Kier molecular flexibility index (Phi) is 2.75. The zero-order chi connectivity index (χ0) is 9.97. The SMILES string of the molecule is OB(O)c1ccccc1OCC1CC1. The standard InChI is InChI=1S/C10H13BO3/c12-11(13)9-3-1-2-4-10(9)14-7-8-5-6-8/h1-4,8,12-13H,5-7H2. The Bertz CT molecular complexity index is 310. The van der Waals surface area contributed by atoms with Gasteiger partial charge in [-0.25, -0.2) is 0 Å². The molecule has 1 fully saturated rings. The predicted molar refractivity (Wildman–Crippen MR) is 54.5 cm³/mol. The average Bonchev–Trinajstić information content (AvgIpc) is 2.98. The third kappa shape index (κ3) is 2.27. The summed E-state index contributed by atoms with van der Waals surface area (Å²) in [5, 5.41) is 18.1. The van der Waals surface area contributed by atoms with E-state index < -0.39 is 7.12 Å². The molecule has 1 aromatic rings. The van der Waals surface area contributed by atoms with E-state index in [0.717, 1.165) is 0 Å². The Hall–Kier alpha value is -0.995.